The number of benzene rings is 2. The van der Waals surface area contributed by atoms with Crippen molar-refractivity contribution < 1.29 is 13.5 Å². The minimum Gasteiger partial charge on any atom is -0.494 e. The molecule has 2 rings (SSSR count). The largest absolute Gasteiger partial charge is 0.494 e. The van der Waals surface area contributed by atoms with E-state index in [0.29, 0.717) is 15.6 Å². The highest BCUT2D eigenvalue weighted by Gasteiger charge is 2.16. The molecule has 5 heteroatoms. The second-order valence-corrected chi connectivity index (χ2v) is 5.21. The predicted octanol–water partition coefficient (Wildman–Crippen LogP) is 5.06. The van der Waals surface area contributed by atoms with Gasteiger partial charge in [-0.3, -0.25) is 0 Å². The van der Waals surface area contributed by atoms with Crippen molar-refractivity contribution in [2.45, 2.75) is 5.38 Å². The van der Waals surface area contributed by atoms with Crippen molar-refractivity contribution in [2.24, 2.45) is 0 Å². The zero-order valence-electron chi connectivity index (χ0n) is 9.96. The van der Waals surface area contributed by atoms with Crippen molar-refractivity contribution in [1.82, 2.24) is 0 Å². The van der Waals surface area contributed by atoms with Crippen molar-refractivity contribution in [2.75, 3.05) is 7.11 Å². The molecule has 1 nitrogen and oxygen atoms in total. The summed E-state index contributed by atoms with van der Waals surface area (Å²) >= 11 is 9.55. The van der Waals surface area contributed by atoms with Gasteiger partial charge in [0.15, 0.2) is 11.6 Å². The Morgan fingerprint density at radius 3 is 2.47 bits per heavy atom. The van der Waals surface area contributed by atoms with Crippen LogP contribution in [0.1, 0.15) is 16.5 Å². The lowest BCUT2D eigenvalue weighted by Crippen LogP contribution is -1.97. The number of ether oxygens (including phenoxy) is 1. The molecule has 0 spiro atoms. The molecule has 0 aliphatic rings. The summed E-state index contributed by atoms with van der Waals surface area (Å²) in [6.45, 7) is 0. The fraction of sp³-hybridized carbons (Fsp3) is 0.143. The Labute approximate surface area is 123 Å². The van der Waals surface area contributed by atoms with Crippen LogP contribution in [-0.4, -0.2) is 7.11 Å². The Morgan fingerprint density at radius 2 is 1.89 bits per heavy atom. The van der Waals surface area contributed by atoms with E-state index in [1.54, 1.807) is 12.1 Å². The first-order chi connectivity index (χ1) is 9.02. The topological polar surface area (TPSA) is 9.23 Å². The van der Waals surface area contributed by atoms with Crippen molar-refractivity contribution in [3.8, 4) is 5.75 Å². The molecule has 2 aromatic rings. The number of halogens is 4. The molecule has 0 saturated carbocycles. The molecule has 0 bridgehead atoms. The molecule has 1 unspecified atom stereocenters. The van der Waals surface area contributed by atoms with Gasteiger partial charge >= 0.3 is 0 Å². The van der Waals surface area contributed by atoms with E-state index in [0.717, 1.165) is 0 Å². The lowest BCUT2D eigenvalue weighted by atomic mass is 10.0. The van der Waals surface area contributed by atoms with Gasteiger partial charge < -0.3 is 4.74 Å². The van der Waals surface area contributed by atoms with E-state index >= 15 is 0 Å². The van der Waals surface area contributed by atoms with Crippen LogP contribution in [0.15, 0.2) is 40.9 Å². The molecular formula is C14H10BrClF2O. The van der Waals surface area contributed by atoms with Crippen molar-refractivity contribution >= 4 is 27.5 Å². The normalized spacial score (nSPS) is 12.3. The standard InChI is InChI=1S/C14H10BrClF2O/c1-19-13-5-2-8(6-12(13)18)14(16)10-4-3-9(17)7-11(10)15/h2-7,14H,1H3. The second kappa shape index (κ2) is 5.88. The summed E-state index contributed by atoms with van der Waals surface area (Å²) in [5, 5.41) is -0.574. The number of rotatable bonds is 3. The van der Waals surface area contributed by atoms with Crippen LogP contribution in [0.5, 0.6) is 5.75 Å². The summed E-state index contributed by atoms with van der Waals surface area (Å²) in [5.41, 5.74) is 1.25. The monoisotopic (exact) mass is 346 g/mol. The molecule has 0 aromatic heterocycles. The third kappa shape index (κ3) is 3.07. The molecule has 0 heterocycles. The summed E-state index contributed by atoms with van der Waals surface area (Å²) in [7, 11) is 1.40. The Hall–Kier alpha value is -1.13. The Bertz CT molecular complexity index is 604. The second-order valence-electron chi connectivity index (χ2n) is 3.92. The summed E-state index contributed by atoms with van der Waals surface area (Å²) in [5.74, 6) is -0.685. The molecule has 19 heavy (non-hydrogen) atoms. The van der Waals surface area contributed by atoms with Crippen LogP contribution in [-0.2, 0) is 0 Å². The maximum atomic E-state index is 13.6. The van der Waals surface area contributed by atoms with Crippen molar-refractivity contribution in [3.05, 3.63) is 63.6 Å². The average molecular weight is 348 g/mol. The van der Waals surface area contributed by atoms with Gasteiger partial charge in [-0.1, -0.05) is 28.1 Å². The van der Waals surface area contributed by atoms with E-state index < -0.39 is 11.2 Å². The quantitative estimate of drug-likeness (QED) is 0.705. The van der Waals surface area contributed by atoms with Crippen molar-refractivity contribution in [3.63, 3.8) is 0 Å². The SMILES string of the molecule is COc1ccc(C(Cl)c2ccc(F)cc2Br)cc1F. The minimum absolute atomic E-state index is 0.158. The molecule has 2 aromatic carbocycles. The van der Waals surface area contributed by atoms with Gasteiger partial charge in [-0.15, -0.1) is 11.6 Å². The van der Waals surface area contributed by atoms with Crippen LogP contribution in [0.2, 0.25) is 0 Å². The lowest BCUT2D eigenvalue weighted by molar-refractivity contribution is 0.386. The Kier molecular flexibility index (Phi) is 4.42. The van der Waals surface area contributed by atoms with E-state index in [2.05, 4.69) is 15.9 Å². The van der Waals surface area contributed by atoms with Gasteiger partial charge in [0.25, 0.3) is 0 Å². The third-order valence-corrected chi connectivity index (χ3v) is 3.88. The van der Waals surface area contributed by atoms with Crippen LogP contribution in [0.3, 0.4) is 0 Å². The number of hydrogen-bond donors (Lipinski definition) is 0. The highest BCUT2D eigenvalue weighted by Crippen LogP contribution is 2.35. The fourth-order valence-corrected chi connectivity index (χ4v) is 2.76. The summed E-state index contributed by atoms with van der Waals surface area (Å²) in [6.07, 6.45) is 0. The van der Waals surface area contributed by atoms with Gasteiger partial charge in [-0.05, 0) is 35.4 Å². The first-order valence-electron chi connectivity index (χ1n) is 5.45. The molecule has 0 aliphatic carbocycles. The van der Waals surface area contributed by atoms with Crippen LogP contribution in [0.4, 0.5) is 8.78 Å². The molecule has 0 N–H and O–H groups in total. The Morgan fingerprint density at radius 1 is 1.16 bits per heavy atom. The van der Waals surface area contributed by atoms with Gasteiger partial charge in [0.1, 0.15) is 5.82 Å². The maximum absolute atomic E-state index is 13.6. The lowest BCUT2D eigenvalue weighted by Gasteiger charge is -2.13. The van der Waals surface area contributed by atoms with E-state index in [9.17, 15) is 8.78 Å². The van der Waals surface area contributed by atoms with E-state index in [-0.39, 0.29) is 11.6 Å². The Balaban J connectivity index is 2.38. The number of methoxy groups -OCH3 is 1. The van der Waals surface area contributed by atoms with Gasteiger partial charge in [0.2, 0.25) is 0 Å². The fourth-order valence-electron chi connectivity index (χ4n) is 1.73. The molecular weight excluding hydrogens is 338 g/mol. The molecule has 0 fully saturated rings. The summed E-state index contributed by atoms with van der Waals surface area (Å²) in [6, 6.07) is 8.71. The van der Waals surface area contributed by atoms with E-state index in [1.807, 2.05) is 0 Å². The highest BCUT2D eigenvalue weighted by molar-refractivity contribution is 9.10. The number of alkyl halides is 1. The van der Waals surface area contributed by atoms with Crippen LogP contribution in [0.25, 0.3) is 0 Å². The van der Waals surface area contributed by atoms with Crippen LogP contribution >= 0.6 is 27.5 Å². The summed E-state index contributed by atoms with van der Waals surface area (Å²) < 4.78 is 32.1. The van der Waals surface area contributed by atoms with Crippen LogP contribution in [0, 0.1) is 11.6 Å². The molecule has 100 valence electrons. The molecule has 0 amide bonds. The third-order valence-electron chi connectivity index (χ3n) is 2.70. The average Bonchev–Trinajstić information content (AvgIpc) is 2.38. The molecule has 0 aliphatic heterocycles. The van der Waals surface area contributed by atoms with Gasteiger partial charge in [0.05, 0.1) is 12.5 Å². The number of hydrogen-bond acceptors (Lipinski definition) is 1. The zero-order valence-corrected chi connectivity index (χ0v) is 12.3. The minimum atomic E-state index is -0.574. The molecule has 1 atom stereocenters. The molecule has 0 saturated heterocycles. The van der Waals surface area contributed by atoms with Gasteiger partial charge in [-0.2, -0.15) is 0 Å². The molecule has 0 radical (unpaired) electrons. The highest BCUT2D eigenvalue weighted by atomic mass is 79.9. The first kappa shape index (κ1) is 14.3. The van der Waals surface area contributed by atoms with Gasteiger partial charge in [0, 0.05) is 4.47 Å². The van der Waals surface area contributed by atoms with Crippen molar-refractivity contribution in [1.29, 1.82) is 0 Å². The maximum Gasteiger partial charge on any atom is 0.165 e. The van der Waals surface area contributed by atoms with Crippen LogP contribution < -0.4 is 4.74 Å². The summed E-state index contributed by atoms with van der Waals surface area (Å²) in [4.78, 5) is 0. The first-order valence-corrected chi connectivity index (χ1v) is 6.68. The predicted molar refractivity (Wildman–Crippen MR) is 74.7 cm³/mol. The van der Waals surface area contributed by atoms with E-state index in [1.165, 1.54) is 31.4 Å². The van der Waals surface area contributed by atoms with Gasteiger partial charge in [-0.25, -0.2) is 8.78 Å². The smallest absolute Gasteiger partial charge is 0.165 e. The zero-order chi connectivity index (χ0) is 14.0. The van der Waals surface area contributed by atoms with E-state index in [4.69, 9.17) is 16.3 Å².